The van der Waals surface area contributed by atoms with Crippen LogP contribution in [-0.4, -0.2) is 40.5 Å². The van der Waals surface area contributed by atoms with E-state index >= 15 is 0 Å². The van der Waals surface area contributed by atoms with Gasteiger partial charge in [0.2, 0.25) is 0 Å². The van der Waals surface area contributed by atoms with Crippen LogP contribution in [0.3, 0.4) is 0 Å². The molecule has 0 aliphatic heterocycles. The highest BCUT2D eigenvalue weighted by Gasteiger charge is 2.69. The summed E-state index contributed by atoms with van der Waals surface area (Å²) in [6.45, 7) is 17.8. The molecule has 8 aliphatic rings. The van der Waals surface area contributed by atoms with Crippen molar-refractivity contribution in [3.63, 3.8) is 0 Å². The molecule has 8 aliphatic carbocycles. The third kappa shape index (κ3) is 5.25. The van der Waals surface area contributed by atoms with Gasteiger partial charge in [-0.05, 0) is 180 Å². The fourth-order valence-electron chi connectivity index (χ4n) is 16.8. The Morgan fingerprint density at radius 3 is 2.05 bits per heavy atom. The van der Waals surface area contributed by atoms with E-state index in [1.54, 1.807) is 20.8 Å². The first kappa shape index (κ1) is 39.8. The first-order chi connectivity index (χ1) is 26.2. The van der Waals surface area contributed by atoms with Gasteiger partial charge >= 0.3 is 5.97 Å². The zero-order valence-electron chi connectivity index (χ0n) is 35.6. The second-order valence-electron chi connectivity index (χ2n) is 21.4. The van der Waals surface area contributed by atoms with Gasteiger partial charge in [-0.3, -0.25) is 28.8 Å². The van der Waals surface area contributed by atoms with Crippen LogP contribution in [0.25, 0.3) is 0 Å². The van der Waals surface area contributed by atoms with E-state index in [2.05, 4.69) is 40.7 Å². The van der Waals surface area contributed by atoms with Gasteiger partial charge in [0.15, 0.2) is 23.0 Å². The Bertz CT molecular complexity index is 1900. The number of carbonyl (C=O) groups is 6. The predicted octanol–water partition coefficient (Wildman–Crippen LogP) is 9.50. The third-order valence-corrected chi connectivity index (χ3v) is 19.3. The molecule has 0 bridgehead atoms. The highest BCUT2D eigenvalue weighted by atomic mass is 16.6. The highest BCUT2D eigenvalue weighted by molar-refractivity contribution is 5.95. The molecule has 0 N–H and O–H groups in total. The summed E-state index contributed by atoms with van der Waals surface area (Å²) >= 11 is 0. The van der Waals surface area contributed by atoms with E-state index in [1.165, 1.54) is 18.1 Å². The Hall–Kier alpha value is -2.96. The molecule has 0 radical (unpaired) electrons. The van der Waals surface area contributed by atoms with Gasteiger partial charge in [-0.1, -0.05) is 44.9 Å². The molecular formula is C49H66O7. The Morgan fingerprint density at radius 1 is 0.732 bits per heavy atom. The van der Waals surface area contributed by atoms with E-state index in [4.69, 9.17) is 4.74 Å². The number of rotatable bonds is 7. The van der Waals surface area contributed by atoms with Crippen LogP contribution in [0.5, 0.6) is 0 Å². The number of ketones is 5. The Balaban J connectivity index is 1.11. The average Bonchev–Trinajstić information content (AvgIpc) is 3.58. The van der Waals surface area contributed by atoms with Gasteiger partial charge < -0.3 is 4.74 Å². The molecule has 0 spiro atoms. The minimum absolute atomic E-state index is 0.0540. The van der Waals surface area contributed by atoms with E-state index in [0.29, 0.717) is 42.9 Å². The van der Waals surface area contributed by atoms with Gasteiger partial charge in [0.05, 0.1) is 0 Å². The van der Waals surface area contributed by atoms with Gasteiger partial charge in [0.1, 0.15) is 11.6 Å². The smallest absolute Gasteiger partial charge is 0.303 e. The van der Waals surface area contributed by atoms with E-state index in [-0.39, 0.29) is 68.8 Å². The van der Waals surface area contributed by atoms with Crippen molar-refractivity contribution in [1.82, 2.24) is 0 Å². The average molecular weight is 767 g/mol. The number of hydrogen-bond acceptors (Lipinski definition) is 7. The Kier molecular flexibility index (Phi) is 9.26. The van der Waals surface area contributed by atoms with Crippen LogP contribution in [-0.2, 0) is 33.5 Å². The molecule has 14 atom stereocenters. The molecule has 5 saturated carbocycles. The van der Waals surface area contributed by atoms with Gasteiger partial charge in [0.25, 0.3) is 0 Å². The normalized spacial score (nSPS) is 47.8. The fraction of sp³-hybridized carbons (Fsp3) is 0.755. The molecule has 0 heterocycles. The molecule has 0 amide bonds. The lowest BCUT2D eigenvalue weighted by Crippen LogP contribution is -2.58. The quantitative estimate of drug-likeness (QED) is 0.237. The topological polar surface area (TPSA) is 112 Å². The molecule has 8 rings (SSSR count). The van der Waals surface area contributed by atoms with Crippen LogP contribution < -0.4 is 0 Å². The molecule has 304 valence electrons. The van der Waals surface area contributed by atoms with Crippen LogP contribution in [0.2, 0.25) is 0 Å². The van der Waals surface area contributed by atoms with Gasteiger partial charge in [-0.15, -0.1) is 0 Å². The summed E-state index contributed by atoms with van der Waals surface area (Å²) in [6.07, 6.45) is 17.2. The molecule has 2 unspecified atom stereocenters. The number of esters is 1. The van der Waals surface area contributed by atoms with Crippen LogP contribution in [0, 0.1) is 74.4 Å². The van der Waals surface area contributed by atoms with Crippen molar-refractivity contribution < 1.29 is 33.5 Å². The number of ether oxygens (including phenoxy) is 1. The summed E-state index contributed by atoms with van der Waals surface area (Å²) in [5.74, 6) is 2.02. The first-order valence-electron chi connectivity index (χ1n) is 22.1. The largest absolute Gasteiger partial charge is 0.451 e. The number of fused-ring (bicyclic) bond motifs is 10. The van der Waals surface area contributed by atoms with Crippen LogP contribution in [0.1, 0.15) is 152 Å². The Labute approximate surface area is 334 Å². The van der Waals surface area contributed by atoms with Crippen molar-refractivity contribution in [2.45, 2.75) is 158 Å². The SMILES string of the molecule is CC(=O)C[C@]1(C(C)=O)CC[C@H]2[C@@H]3CC(CC4C[C@@]5(C)C(=CC4=O)C(C)=C[C@@H]4[C@@H]5CC[C@@]5(C)[C@H]4CC[C@]5(OC(C)=O)C(C)=O)C4=CC(=O)CC[C@]4(C)[C@H]3CC[C@@]21C. The molecule has 5 fully saturated rings. The number of carbonyl (C=O) groups excluding carboxylic acids is 6. The summed E-state index contributed by atoms with van der Waals surface area (Å²) in [6, 6.07) is 0. The van der Waals surface area contributed by atoms with Crippen molar-refractivity contribution in [3.05, 3.63) is 34.9 Å². The molecule has 7 nitrogen and oxygen atoms in total. The minimum Gasteiger partial charge on any atom is -0.451 e. The van der Waals surface area contributed by atoms with Gasteiger partial charge in [0, 0.05) is 36.5 Å². The Morgan fingerprint density at radius 2 is 1.39 bits per heavy atom. The van der Waals surface area contributed by atoms with Crippen molar-refractivity contribution in [1.29, 1.82) is 0 Å². The molecule has 7 heteroatoms. The molecule has 0 aromatic heterocycles. The zero-order chi connectivity index (χ0) is 40.5. The summed E-state index contributed by atoms with van der Waals surface area (Å²) in [4.78, 5) is 79.7. The zero-order valence-corrected chi connectivity index (χ0v) is 35.6. The van der Waals surface area contributed by atoms with Crippen molar-refractivity contribution in [2.75, 3.05) is 0 Å². The van der Waals surface area contributed by atoms with Crippen molar-refractivity contribution >= 4 is 34.9 Å². The van der Waals surface area contributed by atoms with Crippen molar-refractivity contribution in [2.24, 2.45) is 74.4 Å². The molecular weight excluding hydrogens is 701 g/mol. The number of hydrogen-bond donors (Lipinski definition) is 0. The molecule has 0 saturated heterocycles. The van der Waals surface area contributed by atoms with E-state index in [1.807, 2.05) is 12.2 Å². The standard InChI is InChI=1S/C49H66O7/c1-27-20-35-38(12-17-47(9)40(35)14-19-49(47,30(4)52)56-31(5)53)45(7)26-33(43(55)24-41(27)45)21-32-22-36-37(44(6)15-10-34(54)23-42(32)44)11-16-46(8)39(36)13-18-48(46,29(3)51)25-28(2)50/h20,23-24,32-33,35-40H,10-19,21-22,25-26H2,1-9H3/t32?,33?,35-,36-,37+,38+,39+,40+,44-,45-,46+,47+,48+,49+/m1/s1. The summed E-state index contributed by atoms with van der Waals surface area (Å²) in [5.41, 5.74) is 0.861. The van der Waals surface area contributed by atoms with Crippen molar-refractivity contribution in [3.8, 4) is 0 Å². The maximum atomic E-state index is 14.4. The maximum absolute atomic E-state index is 14.4. The lowest BCUT2D eigenvalue weighted by molar-refractivity contribution is -0.185. The fourth-order valence-corrected chi connectivity index (χ4v) is 16.8. The van der Waals surface area contributed by atoms with Crippen LogP contribution in [0.15, 0.2) is 34.9 Å². The van der Waals surface area contributed by atoms with Crippen LogP contribution >= 0.6 is 0 Å². The van der Waals surface area contributed by atoms with Crippen LogP contribution in [0.4, 0.5) is 0 Å². The molecule has 0 aromatic carbocycles. The molecule has 0 aromatic rings. The third-order valence-electron chi connectivity index (χ3n) is 19.3. The number of allylic oxidation sites excluding steroid dienone is 5. The second-order valence-corrected chi connectivity index (χ2v) is 21.4. The monoisotopic (exact) mass is 766 g/mol. The lowest BCUT2D eigenvalue weighted by Gasteiger charge is -2.61. The second kappa shape index (κ2) is 13.0. The van der Waals surface area contributed by atoms with E-state index in [9.17, 15) is 28.8 Å². The lowest BCUT2D eigenvalue weighted by atomic mass is 9.42. The maximum Gasteiger partial charge on any atom is 0.303 e. The first-order valence-corrected chi connectivity index (χ1v) is 22.1. The number of Topliss-reactive ketones (excluding diaryl/α,β-unsaturated/α-hetero) is 3. The van der Waals surface area contributed by atoms with E-state index in [0.717, 1.165) is 76.2 Å². The summed E-state index contributed by atoms with van der Waals surface area (Å²) in [5, 5.41) is 0. The minimum atomic E-state index is -1.10. The van der Waals surface area contributed by atoms with Gasteiger partial charge in [-0.2, -0.15) is 0 Å². The predicted molar refractivity (Wildman–Crippen MR) is 214 cm³/mol. The molecule has 56 heavy (non-hydrogen) atoms. The highest BCUT2D eigenvalue weighted by Crippen LogP contribution is 2.73. The van der Waals surface area contributed by atoms with E-state index < -0.39 is 22.4 Å². The summed E-state index contributed by atoms with van der Waals surface area (Å²) in [7, 11) is 0. The van der Waals surface area contributed by atoms with Gasteiger partial charge in [-0.25, -0.2) is 0 Å². The summed E-state index contributed by atoms with van der Waals surface area (Å²) < 4.78 is 6.03.